The van der Waals surface area contributed by atoms with Crippen molar-refractivity contribution in [2.24, 2.45) is 5.84 Å². The average molecular weight is 222 g/mol. The Hall–Kier alpha value is -1.20. The van der Waals surface area contributed by atoms with Gasteiger partial charge in [0.05, 0.1) is 0 Å². The number of hydrazine groups is 1. The first kappa shape index (κ1) is 11.3. The van der Waals surface area contributed by atoms with Crippen LogP contribution in [0.3, 0.4) is 0 Å². The Bertz CT molecular complexity index is 365. The van der Waals surface area contributed by atoms with Crippen LogP contribution >= 0.6 is 0 Å². The zero-order valence-corrected chi connectivity index (χ0v) is 9.73. The minimum absolute atomic E-state index is 0.0872. The summed E-state index contributed by atoms with van der Waals surface area (Å²) in [6, 6.07) is 1.92. The molecule has 1 aromatic rings. The van der Waals surface area contributed by atoms with Gasteiger partial charge in [0, 0.05) is 24.3 Å². The first-order chi connectivity index (χ1) is 7.74. The van der Waals surface area contributed by atoms with Gasteiger partial charge in [-0.05, 0) is 26.7 Å². The number of nitrogen functional groups attached to an aromatic ring is 1. The van der Waals surface area contributed by atoms with Gasteiger partial charge in [-0.25, -0.2) is 15.8 Å². The number of anilines is 1. The third kappa shape index (κ3) is 2.48. The summed E-state index contributed by atoms with van der Waals surface area (Å²) in [6.07, 6.45) is 2.34. The van der Waals surface area contributed by atoms with Crippen LogP contribution in [0.15, 0.2) is 6.07 Å². The van der Waals surface area contributed by atoms with Crippen LogP contribution in [-0.2, 0) is 4.74 Å². The second-order valence-corrected chi connectivity index (χ2v) is 4.05. The number of aromatic nitrogens is 2. The van der Waals surface area contributed by atoms with E-state index in [1.165, 1.54) is 12.8 Å². The number of ether oxygens (including phenoxy) is 1. The Morgan fingerprint density at radius 1 is 1.56 bits per heavy atom. The van der Waals surface area contributed by atoms with Crippen LogP contribution in [0.1, 0.15) is 50.2 Å². The summed E-state index contributed by atoms with van der Waals surface area (Å²) in [6.45, 7) is 4.57. The SMILES string of the molecule is CCOC(C)c1nc(NN)cc(C2CC2)n1. The molecule has 88 valence electrons. The normalized spacial score (nSPS) is 17.2. The highest BCUT2D eigenvalue weighted by Gasteiger charge is 2.26. The third-order valence-electron chi connectivity index (χ3n) is 2.69. The molecular weight excluding hydrogens is 204 g/mol. The zero-order chi connectivity index (χ0) is 11.5. The molecule has 0 saturated heterocycles. The topological polar surface area (TPSA) is 73.1 Å². The molecule has 1 fully saturated rings. The number of nitrogens with two attached hydrogens (primary N) is 1. The summed E-state index contributed by atoms with van der Waals surface area (Å²) in [5.41, 5.74) is 3.65. The average Bonchev–Trinajstić information content (AvgIpc) is 3.12. The lowest BCUT2D eigenvalue weighted by Crippen LogP contribution is -2.13. The van der Waals surface area contributed by atoms with E-state index in [2.05, 4.69) is 15.4 Å². The van der Waals surface area contributed by atoms with E-state index in [4.69, 9.17) is 10.6 Å². The van der Waals surface area contributed by atoms with Crippen molar-refractivity contribution in [1.82, 2.24) is 9.97 Å². The van der Waals surface area contributed by atoms with E-state index in [-0.39, 0.29) is 6.10 Å². The van der Waals surface area contributed by atoms with Gasteiger partial charge in [0.15, 0.2) is 5.82 Å². The van der Waals surface area contributed by atoms with E-state index in [1.807, 2.05) is 19.9 Å². The number of hydrogen-bond acceptors (Lipinski definition) is 5. The zero-order valence-electron chi connectivity index (χ0n) is 9.73. The molecule has 5 nitrogen and oxygen atoms in total. The molecule has 1 aliphatic carbocycles. The minimum atomic E-state index is -0.0872. The van der Waals surface area contributed by atoms with Gasteiger partial charge in [-0.1, -0.05) is 0 Å². The first-order valence-corrected chi connectivity index (χ1v) is 5.71. The van der Waals surface area contributed by atoms with Crippen molar-refractivity contribution in [2.45, 2.75) is 38.7 Å². The standard InChI is InChI=1S/C11H18N4O/c1-3-16-7(2)11-13-9(8-4-5-8)6-10(14-11)15-12/h6-8H,3-5,12H2,1-2H3,(H,13,14,15). The Morgan fingerprint density at radius 2 is 2.31 bits per heavy atom. The summed E-state index contributed by atoms with van der Waals surface area (Å²) in [5, 5.41) is 0. The fourth-order valence-electron chi connectivity index (χ4n) is 1.65. The monoisotopic (exact) mass is 222 g/mol. The summed E-state index contributed by atoms with van der Waals surface area (Å²) < 4.78 is 5.49. The molecule has 2 rings (SSSR count). The summed E-state index contributed by atoms with van der Waals surface area (Å²) in [4.78, 5) is 8.84. The third-order valence-corrected chi connectivity index (χ3v) is 2.69. The van der Waals surface area contributed by atoms with Crippen LogP contribution in [0.25, 0.3) is 0 Å². The highest BCUT2D eigenvalue weighted by atomic mass is 16.5. The quantitative estimate of drug-likeness (QED) is 0.586. The van der Waals surface area contributed by atoms with Crippen molar-refractivity contribution in [3.8, 4) is 0 Å². The Labute approximate surface area is 95.4 Å². The van der Waals surface area contributed by atoms with Crippen LogP contribution in [0.2, 0.25) is 0 Å². The fourth-order valence-corrected chi connectivity index (χ4v) is 1.65. The molecule has 0 aliphatic heterocycles. The molecule has 0 bridgehead atoms. The van der Waals surface area contributed by atoms with E-state index >= 15 is 0 Å². The molecule has 1 unspecified atom stereocenters. The summed E-state index contributed by atoms with van der Waals surface area (Å²) in [5.74, 6) is 7.36. The predicted molar refractivity (Wildman–Crippen MR) is 61.9 cm³/mol. The minimum Gasteiger partial charge on any atom is -0.371 e. The maximum atomic E-state index is 5.49. The van der Waals surface area contributed by atoms with E-state index in [0.717, 1.165) is 5.69 Å². The van der Waals surface area contributed by atoms with Crippen molar-refractivity contribution in [1.29, 1.82) is 0 Å². The summed E-state index contributed by atoms with van der Waals surface area (Å²) >= 11 is 0. The lowest BCUT2D eigenvalue weighted by molar-refractivity contribution is 0.0700. The van der Waals surface area contributed by atoms with Crippen molar-refractivity contribution in [3.05, 3.63) is 17.6 Å². The van der Waals surface area contributed by atoms with Crippen molar-refractivity contribution in [3.63, 3.8) is 0 Å². The molecule has 1 heterocycles. The Morgan fingerprint density at radius 3 is 2.88 bits per heavy atom. The van der Waals surface area contributed by atoms with E-state index in [9.17, 15) is 0 Å². The number of nitrogens with one attached hydrogen (secondary N) is 1. The molecule has 0 amide bonds. The van der Waals surface area contributed by atoms with Crippen molar-refractivity contribution in [2.75, 3.05) is 12.0 Å². The smallest absolute Gasteiger partial charge is 0.159 e. The van der Waals surface area contributed by atoms with Gasteiger partial charge < -0.3 is 10.2 Å². The maximum Gasteiger partial charge on any atom is 0.159 e. The van der Waals surface area contributed by atoms with Gasteiger partial charge in [0.2, 0.25) is 0 Å². The lowest BCUT2D eigenvalue weighted by Gasteiger charge is -2.12. The highest BCUT2D eigenvalue weighted by Crippen LogP contribution is 2.39. The largest absolute Gasteiger partial charge is 0.371 e. The van der Waals surface area contributed by atoms with E-state index < -0.39 is 0 Å². The summed E-state index contributed by atoms with van der Waals surface area (Å²) in [7, 11) is 0. The maximum absolute atomic E-state index is 5.49. The van der Waals surface area contributed by atoms with Gasteiger partial charge in [0.1, 0.15) is 11.9 Å². The van der Waals surface area contributed by atoms with Crippen LogP contribution in [0.4, 0.5) is 5.82 Å². The molecule has 1 saturated carbocycles. The fraction of sp³-hybridized carbons (Fsp3) is 0.636. The second-order valence-electron chi connectivity index (χ2n) is 4.05. The Balaban J connectivity index is 2.25. The molecule has 3 N–H and O–H groups in total. The van der Waals surface area contributed by atoms with Gasteiger partial charge in [-0.2, -0.15) is 0 Å². The molecule has 1 aromatic heterocycles. The molecule has 1 aliphatic rings. The van der Waals surface area contributed by atoms with Crippen molar-refractivity contribution < 1.29 is 4.74 Å². The molecule has 0 aromatic carbocycles. The molecule has 0 radical (unpaired) electrons. The van der Waals surface area contributed by atoms with Crippen LogP contribution in [-0.4, -0.2) is 16.6 Å². The predicted octanol–water partition coefficient (Wildman–Crippen LogP) is 1.74. The lowest BCUT2D eigenvalue weighted by atomic mass is 10.2. The van der Waals surface area contributed by atoms with E-state index in [0.29, 0.717) is 24.2 Å². The van der Waals surface area contributed by atoms with Crippen LogP contribution < -0.4 is 11.3 Å². The first-order valence-electron chi connectivity index (χ1n) is 5.71. The number of hydrogen-bond donors (Lipinski definition) is 2. The number of nitrogens with zero attached hydrogens (tertiary/aromatic N) is 2. The highest BCUT2D eigenvalue weighted by molar-refractivity contribution is 5.37. The Kier molecular flexibility index (Phi) is 3.36. The molecule has 0 spiro atoms. The van der Waals surface area contributed by atoms with Gasteiger partial charge in [-0.15, -0.1) is 0 Å². The van der Waals surface area contributed by atoms with Gasteiger partial charge >= 0.3 is 0 Å². The van der Waals surface area contributed by atoms with Crippen LogP contribution in [0.5, 0.6) is 0 Å². The molecular formula is C11H18N4O. The van der Waals surface area contributed by atoms with Gasteiger partial charge in [0.25, 0.3) is 0 Å². The second kappa shape index (κ2) is 4.76. The van der Waals surface area contributed by atoms with Crippen LogP contribution in [0, 0.1) is 0 Å². The molecule has 1 atom stereocenters. The van der Waals surface area contributed by atoms with Crippen molar-refractivity contribution >= 4 is 5.82 Å². The number of rotatable bonds is 5. The van der Waals surface area contributed by atoms with E-state index in [1.54, 1.807) is 0 Å². The van der Waals surface area contributed by atoms with Gasteiger partial charge in [-0.3, -0.25) is 0 Å². The molecule has 5 heteroatoms. The molecule has 16 heavy (non-hydrogen) atoms.